The minimum Gasteiger partial charge on any atom is -0.491 e. The van der Waals surface area contributed by atoms with Crippen LogP contribution in [-0.4, -0.2) is 12.5 Å². The number of nitrogens with one attached hydrogen (secondary N) is 1. The lowest BCUT2D eigenvalue weighted by molar-refractivity contribution is -0.116. The first-order chi connectivity index (χ1) is 8.41. The first kappa shape index (κ1) is 12.9. The number of carbonyl (C=O) groups excluding carboxylic acids is 1. The highest BCUT2D eigenvalue weighted by atomic mass is 16.5. The zero-order valence-corrected chi connectivity index (χ0v) is 11.6. The molecule has 2 rings (SSSR count). The monoisotopic (exact) mass is 247 g/mol. The van der Waals surface area contributed by atoms with E-state index in [-0.39, 0.29) is 11.3 Å². The molecule has 0 radical (unpaired) electrons. The molecule has 0 fully saturated rings. The first-order valence-corrected chi connectivity index (χ1v) is 6.52. The molecule has 0 aromatic heterocycles. The maximum absolute atomic E-state index is 11.6. The summed E-state index contributed by atoms with van der Waals surface area (Å²) in [6.45, 7) is 9.06. The number of anilines is 1. The third kappa shape index (κ3) is 2.50. The molecule has 1 amide bonds. The number of ether oxygens (including phenoxy) is 1. The van der Waals surface area contributed by atoms with E-state index >= 15 is 0 Å². The van der Waals surface area contributed by atoms with Gasteiger partial charge >= 0.3 is 0 Å². The van der Waals surface area contributed by atoms with Gasteiger partial charge in [-0.15, -0.1) is 0 Å². The minimum atomic E-state index is 0.00430. The van der Waals surface area contributed by atoms with Gasteiger partial charge in [-0.2, -0.15) is 0 Å². The molecule has 1 N–H and O–H groups in total. The quantitative estimate of drug-likeness (QED) is 0.827. The fraction of sp³-hybridized carbons (Fsp3) is 0.533. The van der Waals surface area contributed by atoms with Gasteiger partial charge in [-0.3, -0.25) is 4.79 Å². The fourth-order valence-electron chi connectivity index (χ4n) is 2.16. The highest BCUT2D eigenvalue weighted by Gasteiger charge is 2.25. The highest BCUT2D eigenvalue weighted by molar-refractivity contribution is 5.93. The lowest BCUT2D eigenvalue weighted by atomic mass is 9.84. The van der Waals surface area contributed by atoms with E-state index in [0.29, 0.717) is 13.0 Å². The van der Waals surface area contributed by atoms with Crippen LogP contribution in [-0.2, 0) is 16.6 Å². The summed E-state index contributed by atoms with van der Waals surface area (Å²) in [5, 5.41) is 2.95. The van der Waals surface area contributed by atoms with Crippen molar-refractivity contribution in [2.45, 2.75) is 46.0 Å². The van der Waals surface area contributed by atoms with Crippen LogP contribution in [0.25, 0.3) is 0 Å². The maximum atomic E-state index is 11.6. The zero-order chi connectivity index (χ0) is 13.3. The Bertz CT molecular complexity index is 472. The molecule has 0 unspecified atom stereocenters. The van der Waals surface area contributed by atoms with Gasteiger partial charge in [-0.25, -0.2) is 0 Å². The number of carbonyl (C=O) groups is 1. The minimum absolute atomic E-state index is 0.00430. The predicted molar refractivity (Wildman–Crippen MR) is 73.3 cm³/mol. The molecule has 0 aliphatic carbocycles. The van der Waals surface area contributed by atoms with Crippen LogP contribution < -0.4 is 10.1 Å². The molecule has 3 heteroatoms. The van der Waals surface area contributed by atoms with Gasteiger partial charge in [0.1, 0.15) is 5.75 Å². The molecule has 0 saturated carbocycles. The standard InChI is InChI=1S/C15H21NO2/c1-5-10-8-11(15(2,3)4)14-12(9-10)16-13(17)6-7-18-14/h8-9H,5-7H2,1-4H3,(H,16,17). The van der Waals surface area contributed by atoms with Crippen LogP contribution in [0.4, 0.5) is 5.69 Å². The number of amides is 1. The molecule has 98 valence electrons. The van der Waals surface area contributed by atoms with Gasteiger partial charge in [-0.1, -0.05) is 33.8 Å². The molecule has 1 aliphatic heterocycles. The van der Waals surface area contributed by atoms with E-state index in [2.05, 4.69) is 39.1 Å². The largest absolute Gasteiger partial charge is 0.491 e. The summed E-state index contributed by atoms with van der Waals surface area (Å²) in [6.07, 6.45) is 1.37. The normalized spacial score (nSPS) is 15.4. The Morgan fingerprint density at radius 3 is 2.67 bits per heavy atom. The molecular weight excluding hydrogens is 226 g/mol. The van der Waals surface area contributed by atoms with Crippen molar-refractivity contribution < 1.29 is 9.53 Å². The summed E-state index contributed by atoms with van der Waals surface area (Å²) in [5.74, 6) is 0.868. The van der Waals surface area contributed by atoms with E-state index in [9.17, 15) is 4.79 Å². The number of benzene rings is 1. The van der Waals surface area contributed by atoms with Crippen LogP contribution in [0.5, 0.6) is 5.75 Å². The third-order valence-corrected chi connectivity index (χ3v) is 3.21. The average molecular weight is 247 g/mol. The van der Waals surface area contributed by atoms with E-state index in [1.54, 1.807) is 0 Å². The van der Waals surface area contributed by atoms with Crippen LogP contribution in [0.3, 0.4) is 0 Å². The van der Waals surface area contributed by atoms with E-state index in [0.717, 1.165) is 17.9 Å². The molecule has 0 bridgehead atoms. The Morgan fingerprint density at radius 1 is 1.33 bits per heavy atom. The van der Waals surface area contributed by atoms with Crippen molar-refractivity contribution in [1.82, 2.24) is 0 Å². The molecule has 1 heterocycles. The van der Waals surface area contributed by atoms with Crippen molar-refractivity contribution in [3.63, 3.8) is 0 Å². The van der Waals surface area contributed by atoms with Gasteiger partial charge in [0, 0.05) is 5.56 Å². The average Bonchev–Trinajstić information content (AvgIpc) is 2.46. The predicted octanol–water partition coefficient (Wildman–Crippen LogP) is 3.27. The van der Waals surface area contributed by atoms with Crippen molar-refractivity contribution in [3.05, 3.63) is 23.3 Å². The van der Waals surface area contributed by atoms with E-state index in [1.165, 1.54) is 11.1 Å². The molecule has 0 atom stereocenters. The van der Waals surface area contributed by atoms with E-state index < -0.39 is 0 Å². The van der Waals surface area contributed by atoms with Gasteiger partial charge in [0.05, 0.1) is 18.7 Å². The SMILES string of the molecule is CCc1cc2c(c(C(C)(C)C)c1)OCCC(=O)N2. The van der Waals surface area contributed by atoms with Gasteiger partial charge in [-0.05, 0) is 23.5 Å². The van der Waals surface area contributed by atoms with Crippen LogP contribution in [0.2, 0.25) is 0 Å². The summed E-state index contributed by atoms with van der Waals surface area (Å²) >= 11 is 0. The van der Waals surface area contributed by atoms with E-state index in [4.69, 9.17) is 4.74 Å². The summed E-state index contributed by atoms with van der Waals surface area (Å²) in [4.78, 5) is 11.6. The topological polar surface area (TPSA) is 38.3 Å². The second kappa shape index (κ2) is 4.63. The van der Waals surface area contributed by atoms with E-state index in [1.807, 2.05) is 6.07 Å². The van der Waals surface area contributed by atoms with Crippen LogP contribution >= 0.6 is 0 Å². The lowest BCUT2D eigenvalue weighted by Crippen LogP contribution is -2.15. The summed E-state index contributed by atoms with van der Waals surface area (Å²) < 4.78 is 5.79. The van der Waals surface area contributed by atoms with Crippen molar-refractivity contribution in [1.29, 1.82) is 0 Å². The number of hydrogen-bond donors (Lipinski definition) is 1. The number of aryl methyl sites for hydroxylation is 1. The second-order valence-electron chi connectivity index (χ2n) is 5.77. The third-order valence-electron chi connectivity index (χ3n) is 3.21. The highest BCUT2D eigenvalue weighted by Crippen LogP contribution is 2.39. The number of hydrogen-bond acceptors (Lipinski definition) is 2. The molecule has 1 aromatic carbocycles. The first-order valence-electron chi connectivity index (χ1n) is 6.52. The Balaban J connectivity index is 2.59. The Morgan fingerprint density at radius 2 is 2.06 bits per heavy atom. The zero-order valence-electron chi connectivity index (χ0n) is 11.6. The van der Waals surface area contributed by atoms with Crippen molar-refractivity contribution in [3.8, 4) is 5.75 Å². The summed E-state index contributed by atoms with van der Waals surface area (Å²) in [5.41, 5.74) is 3.22. The smallest absolute Gasteiger partial charge is 0.227 e. The van der Waals surface area contributed by atoms with Gasteiger partial charge in [0.25, 0.3) is 0 Å². The van der Waals surface area contributed by atoms with Gasteiger partial charge in [0.15, 0.2) is 0 Å². The number of rotatable bonds is 1. The number of fused-ring (bicyclic) bond motifs is 1. The molecule has 3 nitrogen and oxygen atoms in total. The van der Waals surface area contributed by atoms with Gasteiger partial charge < -0.3 is 10.1 Å². The molecule has 1 aromatic rings. The molecule has 0 spiro atoms. The summed E-state index contributed by atoms with van der Waals surface area (Å²) in [7, 11) is 0. The van der Waals surface area contributed by atoms with Crippen molar-refractivity contribution in [2.24, 2.45) is 0 Å². The molecule has 1 aliphatic rings. The van der Waals surface area contributed by atoms with Crippen molar-refractivity contribution >= 4 is 11.6 Å². The Labute approximate surface area is 109 Å². The molecular formula is C15H21NO2. The Kier molecular flexibility index (Phi) is 3.33. The van der Waals surface area contributed by atoms with Crippen LogP contribution in [0, 0.1) is 0 Å². The van der Waals surface area contributed by atoms with Crippen LogP contribution in [0.15, 0.2) is 12.1 Å². The molecule has 18 heavy (non-hydrogen) atoms. The maximum Gasteiger partial charge on any atom is 0.227 e. The van der Waals surface area contributed by atoms with Crippen molar-refractivity contribution in [2.75, 3.05) is 11.9 Å². The Hall–Kier alpha value is -1.51. The second-order valence-corrected chi connectivity index (χ2v) is 5.77. The van der Waals surface area contributed by atoms with Gasteiger partial charge in [0.2, 0.25) is 5.91 Å². The fourth-order valence-corrected chi connectivity index (χ4v) is 2.16. The van der Waals surface area contributed by atoms with Crippen LogP contribution in [0.1, 0.15) is 45.2 Å². The lowest BCUT2D eigenvalue weighted by Gasteiger charge is -2.24. The summed E-state index contributed by atoms with van der Waals surface area (Å²) in [6, 6.07) is 4.21. The molecule has 0 saturated heterocycles.